The number of amides is 2. The molecule has 1 aromatic heterocycles. The average molecular weight is 306 g/mol. The van der Waals surface area contributed by atoms with E-state index in [1.807, 2.05) is 15.9 Å². The summed E-state index contributed by atoms with van der Waals surface area (Å²) in [6.45, 7) is 3.42. The lowest BCUT2D eigenvalue weighted by Gasteiger charge is -2.36. The Morgan fingerprint density at radius 3 is 2.95 bits per heavy atom. The van der Waals surface area contributed by atoms with Crippen molar-refractivity contribution < 1.29 is 9.59 Å². The minimum absolute atomic E-state index is 0.152. The summed E-state index contributed by atoms with van der Waals surface area (Å²) in [6.07, 6.45) is 4.25. The largest absolute Gasteiger partial charge is 0.337 e. The van der Waals surface area contributed by atoms with Gasteiger partial charge >= 0.3 is 0 Å². The zero-order valence-corrected chi connectivity index (χ0v) is 13.3. The topological polar surface area (TPSA) is 40.6 Å². The molecule has 5 heteroatoms. The first-order chi connectivity index (χ1) is 10.2. The maximum atomic E-state index is 12.8. The molecule has 2 atom stereocenters. The molecule has 0 aliphatic carbocycles. The Morgan fingerprint density at radius 2 is 2.19 bits per heavy atom. The van der Waals surface area contributed by atoms with Crippen LogP contribution in [0, 0.1) is 0 Å². The molecule has 2 saturated heterocycles. The molecule has 3 rings (SSSR count). The van der Waals surface area contributed by atoms with E-state index in [0.717, 1.165) is 32.2 Å². The van der Waals surface area contributed by atoms with Gasteiger partial charge in [0.15, 0.2) is 0 Å². The molecule has 2 amide bonds. The van der Waals surface area contributed by atoms with Crippen molar-refractivity contribution >= 4 is 23.2 Å². The van der Waals surface area contributed by atoms with Crippen LogP contribution in [0.2, 0.25) is 0 Å². The van der Waals surface area contributed by atoms with E-state index < -0.39 is 0 Å². The van der Waals surface area contributed by atoms with Crippen LogP contribution in [-0.2, 0) is 16.0 Å². The van der Waals surface area contributed by atoms with Gasteiger partial charge < -0.3 is 9.80 Å². The van der Waals surface area contributed by atoms with Crippen LogP contribution in [0.3, 0.4) is 0 Å². The molecule has 0 spiro atoms. The zero-order chi connectivity index (χ0) is 14.8. The van der Waals surface area contributed by atoms with E-state index >= 15 is 0 Å². The Morgan fingerprint density at radius 1 is 1.33 bits per heavy atom. The Hall–Kier alpha value is -1.36. The van der Waals surface area contributed by atoms with Crippen molar-refractivity contribution in [1.29, 1.82) is 0 Å². The molecular formula is C16H22N2O2S. The molecule has 2 unspecified atom stereocenters. The van der Waals surface area contributed by atoms with Crippen LogP contribution in [0.4, 0.5) is 0 Å². The first-order valence-electron chi connectivity index (χ1n) is 7.79. The van der Waals surface area contributed by atoms with Crippen molar-refractivity contribution in [3.8, 4) is 0 Å². The van der Waals surface area contributed by atoms with E-state index in [0.29, 0.717) is 13.0 Å². The lowest BCUT2D eigenvalue weighted by Crippen LogP contribution is -2.51. The lowest BCUT2D eigenvalue weighted by molar-refractivity contribution is -0.144. The number of fused-ring (bicyclic) bond motifs is 1. The highest BCUT2D eigenvalue weighted by molar-refractivity contribution is 7.09. The van der Waals surface area contributed by atoms with Crippen molar-refractivity contribution in [3.05, 3.63) is 22.4 Å². The van der Waals surface area contributed by atoms with E-state index in [1.165, 1.54) is 4.88 Å². The third-order valence-corrected chi connectivity index (χ3v) is 5.47. The molecule has 114 valence electrons. The van der Waals surface area contributed by atoms with Crippen LogP contribution in [0.15, 0.2) is 17.5 Å². The predicted molar refractivity (Wildman–Crippen MR) is 83.2 cm³/mol. The highest BCUT2D eigenvalue weighted by Crippen LogP contribution is 2.25. The van der Waals surface area contributed by atoms with Crippen LogP contribution in [0.1, 0.15) is 37.5 Å². The quantitative estimate of drug-likeness (QED) is 0.859. The van der Waals surface area contributed by atoms with E-state index in [2.05, 4.69) is 18.4 Å². The van der Waals surface area contributed by atoms with E-state index in [-0.39, 0.29) is 23.9 Å². The number of rotatable bonds is 3. The molecule has 2 fully saturated rings. The van der Waals surface area contributed by atoms with E-state index in [1.54, 1.807) is 11.3 Å². The number of nitrogens with zero attached hydrogens (tertiary/aromatic N) is 2. The second-order valence-corrected chi connectivity index (χ2v) is 7.05. The molecule has 0 N–H and O–H groups in total. The van der Waals surface area contributed by atoms with Gasteiger partial charge in [-0.1, -0.05) is 6.07 Å². The fourth-order valence-electron chi connectivity index (χ4n) is 3.42. The molecule has 0 aromatic carbocycles. The fourth-order valence-corrected chi connectivity index (χ4v) is 4.24. The minimum atomic E-state index is -0.209. The van der Waals surface area contributed by atoms with Crippen LogP contribution in [-0.4, -0.2) is 46.8 Å². The molecule has 1 aromatic rings. The summed E-state index contributed by atoms with van der Waals surface area (Å²) in [6, 6.07) is 4.11. The van der Waals surface area contributed by atoms with Crippen LogP contribution in [0.5, 0.6) is 0 Å². The molecule has 21 heavy (non-hydrogen) atoms. The number of carbonyl (C=O) groups excluding carboxylic acids is 2. The SMILES string of the molecule is CC(Cc1cccs1)N1CCC(=O)N2CCCCC2C1=O. The first kappa shape index (κ1) is 14.6. The molecule has 2 aliphatic heterocycles. The highest BCUT2D eigenvalue weighted by atomic mass is 32.1. The Kier molecular flexibility index (Phi) is 4.29. The van der Waals surface area contributed by atoms with E-state index in [4.69, 9.17) is 0 Å². The van der Waals surface area contributed by atoms with Gasteiger partial charge in [-0.3, -0.25) is 9.59 Å². The van der Waals surface area contributed by atoms with Crippen molar-refractivity contribution in [3.63, 3.8) is 0 Å². The maximum Gasteiger partial charge on any atom is 0.245 e. The Labute approximate surface area is 129 Å². The normalized spacial score (nSPS) is 24.7. The van der Waals surface area contributed by atoms with Gasteiger partial charge in [0, 0.05) is 36.9 Å². The highest BCUT2D eigenvalue weighted by Gasteiger charge is 2.38. The number of hydrogen-bond donors (Lipinski definition) is 0. The first-order valence-corrected chi connectivity index (χ1v) is 8.67. The number of hydrogen-bond acceptors (Lipinski definition) is 3. The van der Waals surface area contributed by atoms with Gasteiger partial charge in [-0.25, -0.2) is 0 Å². The minimum Gasteiger partial charge on any atom is -0.337 e. The Bertz CT molecular complexity index is 514. The van der Waals surface area contributed by atoms with Gasteiger partial charge in [0.2, 0.25) is 11.8 Å². The van der Waals surface area contributed by atoms with E-state index in [9.17, 15) is 9.59 Å². The summed E-state index contributed by atoms with van der Waals surface area (Å²) < 4.78 is 0. The average Bonchev–Trinajstić information content (AvgIpc) is 2.95. The van der Waals surface area contributed by atoms with Gasteiger partial charge in [0.25, 0.3) is 0 Å². The summed E-state index contributed by atoms with van der Waals surface area (Å²) in [5.74, 6) is 0.309. The summed E-state index contributed by atoms with van der Waals surface area (Å²) in [7, 11) is 0. The second-order valence-electron chi connectivity index (χ2n) is 6.01. The molecule has 0 saturated carbocycles. The molecular weight excluding hydrogens is 284 g/mol. The van der Waals surface area contributed by atoms with Gasteiger partial charge in [-0.2, -0.15) is 0 Å². The van der Waals surface area contributed by atoms with Gasteiger partial charge in [-0.05, 0) is 37.6 Å². The number of piperidine rings is 1. The maximum absolute atomic E-state index is 12.8. The van der Waals surface area contributed by atoms with Crippen LogP contribution < -0.4 is 0 Å². The van der Waals surface area contributed by atoms with Gasteiger partial charge in [0.05, 0.1) is 0 Å². The van der Waals surface area contributed by atoms with Gasteiger partial charge in [0.1, 0.15) is 6.04 Å². The van der Waals surface area contributed by atoms with Crippen molar-refractivity contribution in [2.45, 2.75) is 51.1 Å². The third-order valence-electron chi connectivity index (χ3n) is 4.57. The zero-order valence-electron chi connectivity index (χ0n) is 12.5. The summed E-state index contributed by atoms with van der Waals surface area (Å²) in [5.41, 5.74) is 0. The third kappa shape index (κ3) is 2.98. The van der Waals surface area contributed by atoms with Gasteiger partial charge in [-0.15, -0.1) is 11.3 Å². The van der Waals surface area contributed by atoms with Crippen molar-refractivity contribution in [2.75, 3.05) is 13.1 Å². The van der Waals surface area contributed by atoms with Crippen LogP contribution >= 0.6 is 11.3 Å². The van der Waals surface area contributed by atoms with Crippen LogP contribution in [0.25, 0.3) is 0 Å². The Balaban J connectivity index is 1.75. The van der Waals surface area contributed by atoms with Crippen molar-refractivity contribution in [2.24, 2.45) is 0 Å². The second kappa shape index (κ2) is 6.18. The standard InChI is InChI=1S/C16H22N2O2S/c1-12(11-13-5-4-10-21-13)17-9-7-15(19)18-8-3-2-6-14(18)16(17)20/h4-5,10,12,14H,2-3,6-9,11H2,1H3. The molecule has 0 radical (unpaired) electrons. The fraction of sp³-hybridized carbons (Fsp3) is 0.625. The monoisotopic (exact) mass is 306 g/mol. The van der Waals surface area contributed by atoms with Crippen molar-refractivity contribution in [1.82, 2.24) is 9.80 Å². The summed E-state index contributed by atoms with van der Waals surface area (Å²) >= 11 is 1.73. The molecule has 3 heterocycles. The number of thiophene rings is 1. The smallest absolute Gasteiger partial charge is 0.245 e. The molecule has 4 nitrogen and oxygen atoms in total. The lowest BCUT2D eigenvalue weighted by atomic mass is 10.0. The molecule has 2 aliphatic rings. The predicted octanol–water partition coefficient (Wildman–Crippen LogP) is 2.29. The summed E-state index contributed by atoms with van der Waals surface area (Å²) in [4.78, 5) is 30.1. The summed E-state index contributed by atoms with van der Waals surface area (Å²) in [5, 5.41) is 2.07. The molecule has 0 bridgehead atoms. The number of carbonyl (C=O) groups is 2.